The van der Waals surface area contributed by atoms with Gasteiger partial charge in [0.15, 0.2) is 5.58 Å². The van der Waals surface area contributed by atoms with Crippen molar-refractivity contribution < 1.29 is 18.7 Å². The summed E-state index contributed by atoms with van der Waals surface area (Å²) in [6.07, 6.45) is 0. The van der Waals surface area contributed by atoms with E-state index in [1.165, 1.54) is 0 Å². The van der Waals surface area contributed by atoms with Gasteiger partial charge < -0.3 is 19.0 Å². The second-order valence-corrected chi connectivity index (χ2v) is 6.54. The monoisotopic (exact) mass is 381 g/mol. The molecule has 8 heteroatoms. The van der Waals surface area contributed by atoms with Gasteiger partial charge >= 0.3 is 5.76 Å². The number of carbonyl (C=O) groups excluding carboxylic acids is 2. The molecular weight excluding hydrogens is 362 g/mol. The zero-order chi connectivity index (χ0) is 19.7. The van der Waals surface area contributed by atoms with Crippen molar-refractivity contribution in [2.45, 2.75) is 0 Å². The molecule has 1 aliphatic rings. The van der Waals surface area contributed by atoms with Crippen LogP contribution in [0.1, 0.15) is 20.7 Å². The predicted molar refractivity (Wildman–Crippen MR) is 102 cm³/mol. The summed E-state index contributed by atoms with van der Waals surface area (Å²) in [5.74, 6) is -0.0694. The van der Waals surface area contributed by atoms with Crippen LogP contribution in [0.5, 0.6) is 5.75 Å². The molecule has 0 atom stereocenters. The van der Waals surface area contributed by atoms with Crippen LogP contribution in [-0.2, 0) is 0 Å². The summed E-state index contributed by atoms with van der Waals surface area (Å²) in [5, 5.41) is 0. The number of aromatic amines is 1. The number of ether oxygens (including phenoxy) is 1. The van der Waals surface area contributed by atoms with Crippen LogP contribution in [0.3, 0.4) is 0 Å². The summed E-state index contributed by atoms with van der Waals surface area (Å²) in [4.78, 5) is 42.6. The number of rotatable bonds is 3. The average molecular weight is 381 g/mol. The molecule has 1 N–H and O–H groups in total. The maximum absolute atomic E-state index is 12.7. The zero-order valence-corrected chi connectivity index (χ0v) is 15.3. The van der Waals surface area contributed by atoms with Gasteiger partial charge in [-0.2, -0.15) is 0 Å². The van der Waals surface area contributed by atoms with Crippen LogP contribution in [0.4, 0.5) is 0 Å². The Balaban J connectivity index is 1.41. The Labute approximate surface area is 160 Å². The number of nitrogens with zero attached hydrogens (tertiary/aromatic N) is 2. The largest absolute Gasteiger partial charge is 0.497 e. The quantitative estimate of drug-likeness (QED) is 0.745. The first kappa shape index (κ1) is 17.8. The number of methoxy groups -OCH3 is 1. The van der Waals surface area contributed by atoms with Gasteiger partial charge in [0.1, 0.15) is 5.75 Å². The van der Waals surface area contributed by atoms with Crippen LogP contribution in [-0.4, -0.2) is 59.9 Å². The minimum absolute atomic E-state index is 0.0646. The van der Waals surface area contributed by atoms with E-state index in [9.17, 15) is 14.4 Å². The number of piperazine rings is 1. The Morgan fingerprint density at radius 1 is 0.929 bits per heavy atom. The van der Waals surface area contributed by atoms with Crippen LogP contribution in [0.2, 0.25) is 0 Å². The number of amides is 2. The Kier molecular flexibility index (Phi) is 4.60. The normalized spacial score (nSPS) is 14.3. The fourth-order valence-electron chi connectivity index (χ4n) is 3.29. The molecule has 0 aliphatic carbocycles. The first-order valence-corrected chi connectivity index (χ1v) is 8.90. The van der Waals surface area contributed by atoms with Gasteiger partial charge in [0.2, 0.25) is 0 Å². The third kappa shape index (κ3) is 3.36. The maximum Gasteiger partial charge on any atom is 0.417 e. The number of benzene rings is 2. The Bertz CT molecular complexity index is 1080. The number of hydrogen-bond donors (Lipinski definition) is 1. The van der Waals surface area contributed by atoms with Gasteiger partial charge in [-0.25, -0.2) is 4.79 Å². The molecule has 1 aliphatic heterocycles. The van der Waals surface area contributed by atoms with Gasteiger partial charge in [0.25, 0.3) is 11.8 Å². The van der Waals surface area contributed by atoms with Crippen molar-refractivity contribution in [3.05, 3.63) is 64.1 Å². The SMILES string of the molecule is COc1ccc(C(=O)N2CCN(C(=O)c3ccc4[nH]c(=O)oc4c3)CC2)cc1. The molecule has 0 saturated carbocycles. The van der Waals surface area contributed by atoms with Gasteiger partial charge in [0.05, 0.1) is 12.6 Å². The Morgan fingerprint density at radius 3 is 2.11 bits per heavy atom. The van der Waals surface area contributed by atoms with E-state index in [-0.39, 0.29) is 11.8 Å². The van der Waals surface area contributed by atoms with Crippen molar-refractivity contribution >= 4 is 22.9 Å². The lowest BCUT2D eigenvalue weighted by Gasteiger charge is -2.34. The third-order valence-electron chi connectivity index (χ3n) is 4.86. The fourth-order valence-corrected chi connectivity index (χ4v) is 3.29. The van der Waals surface area contributed by atoms with E-state index < -0.39 is 5.76 Å². The second kappa shape index (κ2) is 7.22. The van der Waals surface area contributed by atoms with Gasteiger partial charge in [-0.15, -0.1) is 0 Å². The molecule has 2 amide bonds. The second-order valence-electron chi connectivity index (χ2n) is 6.54. The molecule has 0 spiro atoms. The highest BCUT2D eigenvalue weighted by molar-refractivity contribution is 5.97. The van der Waals surface area contributed by atoms with E-state index in [1.54, 1.807) is 59.4 Å². The fraction of sp³-hybridized carbons (Fsp3) is 0.250. The first-order chi connectivity index (χ1) is 13.5. The van der Waals surface area contributed by atoms with E-state index in [0.29, 0.717) is 54.2 Å². The van der Waals surface area contributed by atoms with Crippen molar-refractivity contribution in [1.29, 1.82) is 0 Å². The van der Waals surface area contributed by atoms with Crippen molar-refractivity contribution in [2.24, 2.45) is 0 Å². The number of H-pyrrole nitrogens is 1. The summed E-state index contributed by atoms with van der Waals surface area (Å²) in [7, 11) is 1.58. The molecule has 1 saturated heterocycles. The summed E-state index contributed by atoms with van der Waals surface area (Å²) in [5.41, 5.74) is 1.94. The molecule has 8 nitrogen and oxygen atoms in total. The highest BCUT2D eigenvalue weighted by Gasteiger charge is 2.25. The molecule has 1 fully saturated rings. The molecule has 144 valence electrons. The minimum Gasteiger partial charge on any atom is -0.497 e. The summed E-state index contributed by atoms with van der Waals surface area (Å²) in [6, 6.07) is 11.8. The topological polar surface area (TPSA) is 95.9 Å². The van der Waals surface area contributed by atoms with Crippen molar-refractivity contribution in [3.63, 3.8) is 0 Å². The van der Waals surface area contributed by atoms with Gasteiger partial charge in [-0.3, -0.25) is 14.6 Å². The lowest BCUT2D eigenvalue weighted by molar-refractivity contribution is 0.0535. The highest BCUT2D eigenvalue weighted by Crippen LogP contribution is 2.17. The molecule has 0 radical (unpaired) electrons. The van der Waals surface area contributed by atoms with E-state index in [2.05, 4.69) is 4.98 Å². The van der Waals surface area contributed by atoms with Crippen LogP contribution in [0.25, 0.3) is 11.1 Å². The Morgan fingerprint density at radius 2 is 1.50 bits per heavy atom. The van der Waals surface area contributed by atoms with E-state index in [4.69, 9.17) is 9.15 Å². The van der Waals surface area contributed by atoms with Gasteiger partial charge in [-0.05, 0) is 42.5 Å². The smallest absolute Gasteiger partial charge is 0.417 e. The molecule has 2 heterocycles. The van der Waals surface area contributed by atoms with Crippen molar-refractivity contribution in [2.75, 3.05) is 33.3 Å². The predicted octanol–water partition coefficient (Wildman–Crippen LogP) is 1.73. The maximum atomic E-state index is 12.7. The lowest BCUT2D eigenvalue weighted by Crippen LogP contribution is -2.50. The van der Waals surface area contributed by atoms with Crippen molar-refractivity contribution in [3.8, 4) is 5.75 Å². The van der Waals surface area contributed by atoms with Crippen molar-refractivity contribution in [1.82, 2.24) is 14.8 Å². The average Bonchev–Trinajstić information content (AvgIpc) is 3.12. The van der Waals surface area contributed by atoms with Crippen LogP contribution >= 0.6 is 0 Å². The number of carbonyl (C=O) groups is 2. The van der Waals surface area contributed by atoms with Gasteiger partial charge in [0, 0.05) is 37.3 Å². The molecular formula is C20H19N3O5. The van der Waals surface area contributed by atoms with Crippen LogP contribution in [0, 0.1) is 0 Å². The van der Waals surface area contributed by atoms with E-state index >= 15 is 0 Å². The molecule has 2 aromatic carbocycles. The molecule has 1 aromatic heterocycles. The number of hydrogen-bond acceptors (Lipinski definition) is 5. The third-order valence-corrected chi connectivity index (χ3v) is 4.86. The summed E-state index contributed by atoms with van der Waals surface area (Å²) >= 11 is 0. The van der Waals surface area contributed by atoms with E-state index in [0.717, 1.165) is 0 Å². The molecule has 28 heavy (non-hydrogen) atoms. The van der Waals surface area contributed by atoms with Crippen LogP contribution < -0.4 is 10.5 Å². The number of nitrogens with one attached hydrogen (secondary N) is 1. The molecule has 3 aromatic rings. The molecule has 0 unspecified atom stereocenters. The first-order valence-electron chi connectivity index (χ1n) is 8.90. The zero-order valence-electron chi connectivity index (χ0n) is 15.3. The Hall–Kier alpha value is -3.55. The van der Waals surface area contributed by atoms with Crippen LogP contribution in [0.15, 0.2) is 51.7 Å². The number of aromatic nitrogens is 1. The molecule has 4 rings (SSSR count). The van der Waals surface area contributed by atoms with E-state index in [1.807, 2.05) is 0 Å². The molecule has 0 bridgehead atoms. The number of oxazole rings is 1. The summed E-state index contributed by atoms with van der Waals surface area (Å²) < 4.78 is 10.1. The highest BCUT2D eigenvalue weighted by atomic mass is 16.5. The number of fused-ring (bicyclic) bond motifs is 1. The van der Waals surface area contributed by atoms with Gasteiger partial charge in [-0.1, -0.05) is 0 Å². The standard InChI is InChI=1S/C20H19N3O5/c1-27-15-5-2-13(3-6-15)18(24)22-8-10-23(11-9-22)19(25)14-4-7-16-17(12-14)28-20(26)21-16/h2-7,12H,8-11H2,1H3,(H,21,26). The minimum atomic E-state index is -0.551. The summed E-state index contributed by atoms with van der Waals surface area (Å²) in [6.45, 7) is 1.79. The lowest BCUT2D eigenvalue weighted by atomic mass is 10.1.